The first kappa shape index (κ1) is 23.1. The maximum atomic E-state index is 13.1. The maximum Gasteiger partial charge on any atom is 0.286 e. The summed E-state index contributed by atoms with van der Waals surface area (Å²) in [5.74, 6) is -0.609. The van der Waals surface area contributed by atoms with E-state index in [0.29, 0.717) is 12.3 Å². The summed E-state index contributed by atoms with van der Waals surface area (Å²) in [7, 11) is 0. The van der Waals surface area contributed by atoms with Gasteiger partial charge in [0, 0.05) is 23.8 Å². The summed E-state index contributed by atoms with van der Waals surface area (Å²) in [6, 6.07) is 14.8. The van der Waals surface area contributed by atoms with Crippen LogP contribution in [0.15, 0.2) is 70.3 Å². The Labute approximate surface area is 197 Å². The number of hydrogen-bond acceptors (Lipinski definition) is 7. The van der Waals surface area contributed by atoms with Crippen molar-refractivity contribution in [1.82, 2.24) is 20.4 Å². The summed E-state index contributed by atoms with van der Waals surface area (Å²) in [6.07, 6.45) is 5.66. The van der Waals surface area contributed by atoms with Gasteiger partial charge in [-0.15, -0.1) is 10.2 Å². The van der Waals surface area contributed by atoms with Gasteiger partial charge in [-0.05, 0) is 24.5 Å². The third-order valence-electron chi connectivity index (χ3n) is 5.42. The normalized spacial score (nSPS) is 13.5. The fourth-order valence-corrected chi connectivity index (χ4v) is 3.71. The highest BCUT2D eigenvalue weighted by atomic mass is 16.4. The lowest BCUT2D eigenvalue weighted by Gasteiger charge is -2.21. The number of aryl methyl sites for hydroxylation is 1. The molecule has 1 aromatic heterocycles. The molecule has 0 fully saturated rings. The Hall–Kier alpha value is -4.07. The van der Waals surface area contributed by atoms with Gasteiger partial charge in [0.05, 0.1) is 17.8 Å². The van der Waals surface area contributed by atoms with Crippen LogP contribution in [0.1, 0.15) is 41.6 Å². The van der Waals surface area contributed by atoms with Crippen molar-refractivity contribution < 1.29 is 14.0 Å². The van der Waals surface area contributed by atoms with Crippen molar-refractivity contribution in [3.8, 4) is 0 Å². The Morgan fingerprint density at radius 1 is 1.09 bits per heavy atom. The zero-order valence-corrected chi connectivity index (χ0v) is 19.4. The molecule has 34 heavy (non-hydrogen) atoms. The van der Waals surface area contributed by atoms with Crippen molar-refractivity contribution in [2.24, 2.45) is 10.9 Å². The zero-order valence-electron chi connectivity index (χ0n) is 19.4. The molecule has 0 spiro atoms. The number of fused-ring (bicyclic) bond motifs is 1. The van der Waals surface area contributed by atoms with E-state index in [9.17, 15) is 9.59 Å². The number of nitrogens with zero attached hydrogens (tertiary/aromatic N) is 4. The Morgan fingerprint density at radius 2 is 1.91 bits per heavy atom. The van der Waals surface area contributed by atoms with Crippen molar-refractivity contribution in [3.05, 3.63) is 94.4 Å². The molecule has 0 radical (unpaired) electrons. The monoisotopic (exact) mass is 457 g/mol. The summed E-state index contributed by atoms with van der Waals surface area (Å²) < 4.78 is 5.64. The van der Waals surface area contributed by atoms with Crippen LogP contribution in [0.5, 0.6) is 0 Å². The average Bonchev–Trinajstić information content (AvgIpc) is 3.16. The molecule has 174 valence electrons. The number of nitrogens with one attached hydrogen (secondary N) is 1. The Bertz CT molecular complexity index is 1340. The van der Waals surface area contributed by atoms with Crippen molar-refractivity contribution in [3.63, 3.8) is 0 Å². The first-order valence-electron chi connectivity index (χ1n) is 11.2. The number of ketones is 1. The van der Waals surface area contributed by atoms with E-state index in [1.807, 2.05) is 75.5 Å². The van der Waals surface area contributed by atoms with Crippen LogP contribution >= 0.6 is 0 Å². The van der Waals surface area contributed by atoms with Crippen LogP contribution in [0.4, 0.5) is 0 Å². The fourth-order valence-electron chi connectivity index (χ4n) is 3.71. The van der Waals surface area contributed by atoms with E-state index >= 15 is 0 Å². The highest BCUT2D eigenvalue weighted by molar-refractivity contribution is 5.98. The van der Waals surface area contributed by atoms with Crippen LogP contribution in [0.25, 0.3) is 6.20 Å². The predicted octanol–water partition coefficient (Wildman–Crippen LogP) is 2.14. The van der Waals surface area contributed by atoms with E-state index in [2.05, 4.69) is 20.5 Å². The van der Waals surface area contributed by atoms with Gasteiger partial charge in [0.15, 0.2) is 0 Å². The van der Waals surface area contributed by atoms with Crippen LogP contribution < -0.4 is 15.9 Å². The third kappa shape index (κ3) is 5.64. The number of carbonyl (C=O) groups is 2. The van der Waals surface area contributed by atoms with E-state index in [1.165, 1.54) is 0 Å². The number of hydrogen-bond donors (Lipinski definition) is 1. The van der Waals surface area contributed by atoms with Crippen molar-refractivity contribution in [2.45, 2.75) is 33.2 Å². The number of rotatable bonds is 8. The second kappa shape index (κ2) is 10.2. The lowest BCUT2D eigenvalue weighted by molar-refractivity contribution is -0.121. The SMILES string of the molecule is Cc1cccc(Cc2nnc(C(=O)C(NC(=O)CN3C=CN=c4ccccc4=C3)C(C)C)o2)c1. The number of amides is 1. The molecule has 8 heteroatoms. The number of benzene rings is 2. The second-order valence-electron chi connectivity index (χ2n) is 8.61. The van der Waals surface area contributed by atoms with Crippen molar-refractivity contribution >= 4 is 17.9 Å². The first-order chi connectivity index (χ1) is 16.4. The zero-order chi connectivity index (χ0) is 24.1. The minimum absolute atomic E-state index is 0.0410. The lowest BCUT2D eigenvalue weighted by Crippen LogP contribution is -2.47. The topological polar surface area (TPSA) is 101 Å². The minimum Gasteiger partial charge on any atom is -0.418 e. The van der Waals surface area contributed by atoms with E-state index in [4.69, 9.17) is 4.42 Å². The third-order valence-corrected chi connectivity index (χ3v) is 5.42. The van der Waals surface area contributed by atoms with Gasteiger partial charge >= 0.3 is 0 Å². The van der Waals surface area contributed by atoms with Crippen LogP contribution in [0.2, 0.25) is 0 Å². The van der Waals surface area contributed by atoms with Crippen molar-refractivity contribution in [1.29, 1.82) is 0 Å². The highest BCUT2D eigenvalue weighted by Crippen LogP contribution is 2.14. The number of para-hydroxylation sites is 1. The van der Waals surface area contributed by atoms with Crippen molar-refractivity contribution in [2.75, 3.05) is 6.54 Å². The predicted molar refractivity (Wildman–Crippen MR) is 127 cm³/mol. The molecule has 0 saturated heterocycles. The molecule has 2 aromatic carbocycles. The van der Waals surface area contributed by atoms with Crippen LogP contribution in [-0.4, -0.2) is 39.4 Å². The van der Waals surface area contributed by atoms with Gasteiger partial charge < -0.3 is 14.6 Å². The molecule has 1 N–H and O–H groups in total. The second-order valence-corrected chi connectivity index (χ2v) is 8.61. The van der Waals surface area contributed by atoms with Crippen LogP contribution in [-0.2, 0) is 11.2 Å². The minimum atomic E-state index is -0.785. The largest absolute Gasteiger partial charge is 0.418 e. The molecule has 1 aliphatic rings. The summed E-state index contributed by atoms with van der Waals surface area (Å²) in [5, 5.41) is 12.5. The molecule has 1 aliphatic heterocycles. The quantitative estimate of drug-likeness (QED) is 0.520. The van der Waals surface area contributed by atoms with Gasteiger partial charge in [-0.3, -0.25) is 14.6 Å². The molecule has 4 rings (SSSR count). The molecular weight excluding hydrogens is 430 g/mol. The molecule has 2 heterocycles. The summed E-state index contributed by atoms with van der Waals surface area (Å²) in [4.78, 5) is 32.0. The van der Waals surface area contributed by atoms with E-state index in [-0.39, 0.29) is 24.3 Å². The van der Waals surface area contributed by atoms with Gasteiger partial charge in [0.1, 0.15) is 6.54 Å². The highest BCUT2D eigenvalue weighted by Gasteiger charge is 2.29. The van der Waals surface area contributed by atoms with Gasteiger partial charge in [-0.1, -0.05) is 61.9 Å². The molecule has 0 saturated carbocycles. The molecule has 8 nitrogen and oxygen atoms in total. The fraction of sp³-hybridized carbons (Fsp3) is 0.269. The molecule has 1 unspecified atom stereocenters. The van der Waals surface area contributed by atoms with E-state index < -0.39 is 11.8 Å². The molecule has 0 aliphatic carbocycles. The molecule has 3 aromatic rings. The van der Waals surface area contributed by atoms with Gasteiger partial charge in [0.25, 0.3) is 5.89 Å². The standard InChI is InChI=1S/C26H27N5O3/c1-17(2)24(25(33)26-30-29-23(34-26)14-19-8-6-7-18(3)13-19)28-22(32)16-31-12-11-27-21-10-5-4-9-20(21)15-31/h4-13,15,17,24H,14,16H2,1-3H3,(H,28,32). The summed E-state index contributed by atoms with van der Waals surface area (Å²) in [5.41, 5.74) is 2.15. The maximum absolute atomic E-state index is 13.1. The number of aromatic nitrogens is 2. The first-order valence-corrected chi connectivity index (χ1v) is 11.2. The van der Waals surface area contributed by atoms with E-state index in [0.717, 1.165) is 21.7 Å². The van der Waals surface area contributed by atoms with E-state index in [1.54, 1.807) is 17.3 Å². The summed E-state index contributed by atoms with van der Waals surface area (Å²) in [6.45, 7) is 5.77. The number of Topliss-reactive ketones (excluding diaryl/α,β-unsaturated/α-hetero) is 1. The molecule has 0 bridgehead atoms. The average molecular weight is 458 g/mol. The molecular formula is C26H27N5O3. The molecule has 1 amide bonds. The Morgan fingerprint density at radius 3 is 2.71 bits per heavy atom. The van der Waals surface area contributed by atoms with Gasteiger partial charge in [-0.2, -0.15) is 0 Å². The Kier molecular flexibility index (Phi) is 6.96. The molecule has 1 atom stereocenters. The lowest BCUT2D eigenvalue weighted by atomic mass is 9.99. The van der Waals surface area contributed by atoms with Crippen LogP contribution in [0.3, 0.4) is 0 Å². The Balaban J connectivity index is 1.43. The van der Waals surface area contributed by atoms with Gasteiger partial charge in [-0.25, -0.2) is 0 Å². The van der Waals surface area contributed by atoms with Gasteiger partial charge in [0.2, 0.25) is 17.6 Å². The smallest absolute Gasteiger partial charge is 0.286 e. The summed E-state index contributed by atoms with van der Waals surface area (Å²) >= 11 is 0. The van der Waals surface area contributed by atoms with Crippen LogP contribution in [0, 0.1) is 12.8 Å². The number of carbonyl (C=O) groups excluding carboxylic acids is 2.